The average Bonchev–Trinajstić information content (AvgIpc) is 2.04. The summed E-state index contributed by atoms with van der Waals surface area (Å²) in [5.74, 6) is -1.10. The second kappa shape index (κ2) is 4.17. The van der Waals surface area contributed by atoms with Crippen molar-refractivity contribution in [3.63, 3.8) is 0 Å². The second-order valence-corrected chi connectivity index (χ2v) is 6.59. The van der Waals surface area contributed by atoms with Crippen LogP contribution in [0.4, 0.5) is 10.1 Å². The van der Waals surface area contributed by atoms with Crippen molar-refractivity contribution in [3.05, 3.63) is 24.0 Å². The quantitative estimate of drug-likeness (QED) is 0.784. The van der Waals surface area contributed by atoms with Gasteiger partial charge in [0.05, 0.1) is 10.6 Å². The van der Waals surface area contributed by atoms with Gasteiger partial charge in [-0.25, -0.2) is 17.9 Å². The summed E-state index contributed by atoms with van der Waals surface area (Å²) in [7, 11) is -3.22. The third kappa shape index (κ3) is 3.59. The summed E-state index contributed by atoms with van der Waals surface area (Å²) in [6, 6.07) is 2.42. The molecule has 1 aromatic carbocycles. The SMILES string of the molecule is NS(=O)(=O)Nc1ccc(S(=O)(=O)Cl)cc1F. The van der Waals surface area contributed by atoms with Crippen LogP contribution in [0.5, 0.6) is 0 Å². The van der Waals surface area contributed by atoms with Crippen LogP contribution in [-0.4, -0.2) is 16.8 Å². The number of hydrogen-bond acceptors (Lipinski definition) is 4. The maximum Gasteiger partial charge on any atom is 0.296 e. The van der Waals surface area contributed by atoms with Crippen LogP contribution in [-0.2, 0) is 19.3 Å². The van der Waals surface area contributed by atoms with E-state index in [-0.39, 0.29) is 0 Å². The van der Waals surface area contributed by atoms with E-state index in [1.165, 1.54) is 0 Å². The Hall–Kier alpha value is -0.900. The van der Waals surface area contributed by atoms with E-state index in [2.05, 4.69) is 5.14 Å². The molecule has 0 amide bonds. The van der Waals surface area contributed by atoms with Crippen molar-refractivity contribution in [1.29, 1.82) is 0 Å². The molecule has 1 aromatic rings. The second-order valence-electron chi connectivity index (χ2n) is 2.73. The van der Waals surface area contributed by atoms with Crippen molar-refractivity contribution in [2.24, 2.45) is 5.14 Å². The van der Waals surface area contributed by atoms with Crippen molar-refractivity contribution in [1.82, 2.24) is 0 Å². The van der Waals surface area contributed by atoms with Crippen LogP contribution in [0.25, 0.3) is 0 Å². The first-order valence-corrected chi connectivity index (χ1v) is 7.50. The van der Waals surface area contributed by atoms with Crippen molar-refractivity contribution >= 4 is 35.6 Å². The smallest absolute Gasteiger partial charge is 0.268 e. The molecular formula is C6H6ClFN2O4S2. The highest BCUT2D eigenvalue weighted by atomic mass is 35.7. The summed E-state index contributed by atoms with van der Waals surface area (Å²) in [6.45, 7) is 0. The summed E-state index contributed by atoms with van der Waals surface area (Å²) >= 11 is 0. The Morgan fingerprint density at radius 2 is 1.81 bits per heavy atom. The highest BCUT2D eigenvalue weighted by Gasteiger charge is 2.14. The van der Waals surface area contributed by atoms with Crippen molar-refractivity contribution in [2.45, 2.75) is 4.90 Å². The van der Waals surface area contributed by atoms with E-state index in [0.717, 1.165) is 12.1 Å². The number of benzene rings is 1. The summed E-state index contributed by atoms with van der Waals surface area (Å²) in [4.78, 5) is -0.480. The lowest BCUT2D eigenvalue weighted by molar-refractivity contribution is 0.598. The Morgan fingerprint density at radius 3 is 2.19 bits per heavy atom. The molecule has 0 heterocycles. The molecule has 0 saturated heterocycles. The zero-order chi connectivity index (χ0) is 12.6. The lowest BCUT2D eigenvalue weighted by Crippen LogP contribution is -2.22. The number of nitrogens with one attached hydrogen (secondary N) is 1. The Kier molecular flexibility index (Phi) is 3.43. The molecule has 0 spiro atoms. The Morgan fingerprint density at radius 1 is 1.25 bits per heavy atom. The van der Waals surface area contributed by atoms with E-state index in [4.69, 9.17) is 10.7 Å². The van der Waals surface area contributed by atoms with E-state index in [9.17, 15) is 21.2 Å². The first-order valence-electron chi connectivity index (χ1n) is 3.64. The van der Waals surface area contributed by atoms with Gasteiger partial charge in [0.15, 0.2) is 0 Å². The molecule has 0 aliphatic carbocycles. The van der Waals surface area contributed by atoms with Gasteiger partial charge in [-0.15, -0.1) is 0 Å². The number of rotatable bonds is 3. The van der Waals surface area contributed by atoms with Gasteiger partial charge in [0.25, 0.3) is 19.3 Å². The zero-order valence-corrected chi connectivity index (χ0v) is 9.90. The molecule has 90 valence electrons. The minimum atomic E-state index is -4.12. The Balaban J connectivity index is 3.21. The molecule has 1 rings (SSSR count). The van der Waals surface area contributed by atoms with Gasteiger partial charge in [0.1, 0.15) is 5.82 Å². The maximum absolute atomic E-state index is 13.2. The minimum Gasteiger partial charge on any atom is -0.268 e. The normalized spacial score (nSPS) is 12.4. The highest BCUT2D eigenvalue weighted by molar-refractivity contribution is 8.13. The Bertz CT molecular complexity index is 613. The van der Waals surface area contributed by atoms with Gasteiger partial charge >= 0.3 is 0 Å². The first-order chi connectivity index (χ1) is 7.09. The maximum atomic E-state index is 13.2. The number of hydrogen-bond donors (Lipinski definition) is 2. The van der Waals surface area contributed by atoms with Crippen LogP contribution in [0.3, 0.4) is 0 Å². The molecule has 0 aliphatic heterocycles. The molecular weight excluding hydrogens is 283 g/mol. The highest BCUT2D eigenvalue weighted by Crippen LogP contribution is 2.21. The van der Waals surface area contributed by atoms with Crippen LogP contribution >= 0.6 is 10.7 Å². The van der Waals surface area contributed by atoms with Crippen LogP contribution in [0.2, 0.25) is 0 Å². The third-order valence-corrected chi connectivity index (χ3v) is 3.33. The molecule has 0 saturated carbocycles. The topological polar surface area (TPSA) is 106 Å². The van der Waals surface area contributed by atoms with Crippen molar-refractivity contribution in [2.75, 3.05) is 4.72 Å². The van der Waals surface area contributed by atoms with Crippen LogP contribution in [0.15, 0.2) is 23.1 Å². The molecule has 0 radical (unpaired) electrons. The zero-order valence-electron chi connectivity index (χ0n) is 7.51. The largest absolute Gasteiger partial charge is 0.296 e. The number of halogens is 2. The standard InChI is InChI=1S/C6H6ClFN2O4S2/c7-15(11,12)4-1-2-6(5(8)3-4)10-16(9,13)14/h1-3,10H,(H2,9,13,14). The van der Waals surface area contributed by atoms with Crippen LogP contribution in [0.1, 0.15) is 0 Å². The fourth-order valence-electron chi connectivity index (χ4n) is 0.884. The molecule has 16 heavy (non-hydrogen) atoms. The molecule has 0 aliphatic rings. The third-order valence-electron chi connectivity index (χ3n) is 1.47. The molecule has 3 N–H and O–H groups in total. The Labute approximate surface area is 95.8 Å². The molecule has 0 aromatic heterocycles. The van der Waals surface area contributed by atoms with E-state index in [0.29, 0.717) is 6.07 Å². The van der Waals surface area contributed by atoms with Gasteiger partial charge in [-0.2, -0.15) is 8.42 Å². The van der Waals surface area contributed by atoms with Crippen molar-refractivity contribution < 1.29 is 21.2 Å². The van der Waals surface area contributed by atoms with Gasteiger partial charge in [0, 0.05) is 10.7 Å². The molecule has 0 fully saturated rings. The van der Waals surface area contributed by atoms with Gasteiger partial charge in [0.2, 0.25) is 0 Å². The van der Waals surface area contributed by atoms with Crippen LogP contribution in [0, 0.1) is 5.82 Å². The molecule has 0 bridgehead atoms. The molecule has 0 unspecified atom stereocenters. The monoisotopic (exact) mass is 288 g/mol. The van der Waals surface area contributed by atoms with Crippen LogP contribution < -0.4 is 9.86 Å². The van der Waals surface area contributed by atoms with Gasteiger partial charge < -0.3 is 0 Å². The predicted molar refractivity (Wildman–Crippen MR) is 56.2 cm³/mol. The van der Waals surface area contributed by atoms with E-state index < -0.39 is 35.7 Å². The average molecular weight is 289 g/mol. The van der Waals surface area contributed by atoms with Crippen molar-refractivity contribution in [3.8, 4) is 0 Å². The summed E-state index contributed by atoms with van der Waals surface area (Å²) in [6.07, 6.45) is 0. The van der Waals surface area contributed by atoms with E-state index >= 15 is 0 Å². The fraction of sp³-hybridized carbons (Fsp3) is 0. The predicted octanol–water partition coefficient (Wildman–Crippen LogP) is 0.369. The summed E-state index contributed by atoms with van der Waals surface area (Å²) in [5.41, 5.74) is -0.466. The lowest BCUT2D eigenvalue weighted by Gasteiger charge is -2.05. The lowest BCUT2D eigenvalue weighted by atomic mass is 10.3. The summed E-state index contributed by atoms with van der Waals surface area (Å²) in [5, 5.41) is 4.61. The number of nitrogens with two attached hydrogens (primary N) is 1. The molecule has 6 nitrogen and oxygen atoms in total. The van der Waals surface area contributed by atoms with E-state index in [1.807, 2.05) is 0 Å². The summed E-state index contributed by atoms with van der Waals surface area (Å²) < 4.78 is 57.7. The fourth-order valence-corrected chi connectivity index (χ4v) is 2.12. The van der Waals surface area contributed by atoms with Gasteiger partial charge in [-0.1, -0.05) is 0 Å². The number of anilines is 1. The van der Waals surface area contributed by atoms with Gasteiger partial charge in [-0.05, 0) is 18.2 Å². The first kappa shape index (κ1) is 13.2. The molecule has 0 atom stereocenters. The van der Waals surface area contributed by atoms with Gasteiger partial charge in [-0.3, -0.25) is 4.72 Å². The van der Waals surface area contributed by atoms with E-state index in [1.54, 1.807) is 4.72 Å². The molecule has 10 heteroatoms. The minimum absolute atomic E-state index is 0.466.